The number of nitrogens with one attached hydrogen (secondary N) is 1. The molecule has 0 aliphatic rings. The number of hydrogen-bond donors (Lipinski definition) is 1. The first-order chi connectivity index (χ1) is 7.69. The third-order valence-corrected chi connectivity index (χ3v) is 1.97. The molecule has 0 bridgehead atoms. The lowest BCUT2D eigenvalue weighted by molar-refractivity contribution is 0.187. The Kier molecular flexibility index (Phi) is 4.32. The average Bonchev–Trinajstić information content (AvgIpc) is 2.30. The summed E-state index contributed by atoms with van der Waals surface area (Å²) in [5, 5.41) is 6.42. The van der Waals surface area contributed by atoms with Crippen LogP contribution in [0.1, 0.15) is 12.5 Å². The summed E-state index contributed by atoms with van der Waals surface area (Å²) in [6.07, 6.45) is -0.516. The Morgan fingerprint density at radius 2 is 2.00 bits per heavy atom. The van der Waals surface area contributed by atoms with Gasteiger partial charge in [-0.15, -0.1) is 0 Å². The van der Waals surface area contributed by atoms with Crippen LogP contribution in [0, 0.1) is 0 Å². The molecule has 86 valence electrons. The van der Waals surface area contributed by atoms with Gasteiger partial charge in [0.15, 0.2) is 0 Å². The lowest BCUT2D eigenvalue weighted by Gasteiger charge is -2.09. The zero-order chi connectivity index (χ0) is 12.0. The second kappa shape index (κ2) is 5.75. The molecule has 0 radical (unpaired) electrons. The van der Waals surface area contributed by atoms with Gasteiger partial charge in [-0.1, -0.05) is 23.4 Å². The van der Waals surface area contributed by atoms with Gasteiger partial charge in [-0.3, -0.25) is 5.32 Å². The number of benzene rings is 1. The number of para-hydroxylation sites is 1. The third-order valence-electron chi connectivity index (χ3n) is 1.97. The van der Waals surface area contributed by atoms with Crippen molar-refractivity contribution in [1.82, 2.24) is 0 Å². The number of amides is 1. The average molecular weight is 222 g/mol. The van der Waals surface area contributed by atoms with Gasteiger partial charge in [0.05, 0.1) is 18.5 Å². The van der Waals surface area contributed by atoms with E-state index in [1.54, 1.807) is 13.0 Å². The van der Waals surface area contributed by atoms with Gasteiger partial charge >= 0.3 is 6.09 Å². The zero-order valence-corrected chi connectivity index (χ0v) is 9.48. The fraction of sp³-hybridized carbons (Fsp3) is 0.273. The van der Waals surface area contributed by atoms with Crippen LogP contribution in [-0.2, 0) is 9.57 Å². The Morgan fingerprint density at radius 1 is 1.31 bits per heavy atom. The Hall–Kier alpha value is -2.04. The monoisotopic (exact) mass is 222 g/mol. The SMILES string of the molecule is CO/N=C(\C)c1ccccc1NC(=O)OC. The minimum Gasteiger partial charge on any atom is -0.453 e. The Bertz CT molecular complexity index is 402. The van der Waals surface area contributed by atoms with Crippen LogP contribution in [0.4, 0.5) is 10.5 Å². The van der Waals surface area contributed by atoms with Crippen molar-refractivity contribution >= 4 is 17.5 Å². The summed E-state index contributed by atoms with van der Waals surface area (Å²) in [4.78, 5) is 15.8. The van der Waals surface area contributed by atoms with E-state index in [0.29, 0.717) is 11.4 Å². The van der Waals surface area contributed by atoms with Crippen LogP contribution >= 0.6 is 0 Å². The molecule has 1 aromatic rings. The zero-order valence-electron chi connectivity index (χ0n) is 9.48. The number of anilines is 1. The van der Waals surface area contributed by atoms with Crippen molar-refractivity contribution in [2.24, 2.45) is 5.16 Å². The summed E-state index contributed by atoms with van der Waals surface area (Å²) < 4.78 is 4.53. The molecule has 0 saturated carbocycles. The van der Waals surface area contributed by atoms with Crippen molar-refractivity contribution < 1.29 is 14.4 Å². The summed E-state index contributed by atoms with van der Waals surface area (Å²) >= 11 is 0. The number of oxime groups is 1. The van der Waals surface area contributed by atoms with E-state index < -0.39 is 6.09 Å². The number of methoxy groups -OCH3 is 1. The molecule has 0 aromatic heterocycles. The summed E-state index contributed by atoms with van der Waals surface area (Å²) in [5.74, 6) is 0. The third kappa shape index (κ3) is 2.98. The predicted octanol–water partition coefficient (Wildman–Crippen LogP) is 2.24. The number of ether oxygens (including phenoxy) is 1. The van der Waals surface area contributed by atoms with Crippen LogP contribution in [0.15, 0.2) is 29.4 Å². The van der Waals surface area contributed by atoms with E-state index >= 15 is 0 Å². The maximum Gasteiger partial charge on any atom is 0.411 e. The molecular formula is C11H14N2O3. The summed E-state index contributed by atoms with van der Waals surface area (Å²) in [5.41, 5.74) is 2.09. The highest BCUT2D eigenvalue weighted by Crippen LogP contribution is 2.16. The first kappa shape index (κ1) is 12.0. The first-order valence-corrected chi connectivity index (χ1v) is 4.71. The van der Waals surface area contributed by atoms with Gasteiger partial charge in [-0.2, -0.15) is 0 Å². The Balaban J connectivity index is 3.00. The molecule has 1 amide bonds. The van der Waals surface area contributed by atoms with E-state index in [1.807, 2.05) is 18.2 Å². The number of carbonyl (C=O) groups is 1. The molecule has 5 heteroatoms. The van der Waals surface area contributed by atoms with Crippen molar-refractivity contribution in [2.45, 2.75) is 6.92 Å². The van der Waals surface area contributed by atoms with Crippen LogP contribution in [0.3, 0.4) is 0 Å². The largest absolute Gasteiger partial charge is 0.453 e. The molecule has 0 aliphatic heterocycles. The summed E-state index contributed by atoms with van der Waals surface area (Å²) in [6, 6.07) is 7.27. The molecule has 0 unspecified atom stereocenters. The van der Waals surface area contributed by atoms with Gasteiger partial charge in [0.2, 0.25) is 0 Å². The molecular weight excluding hydrogens is 208 g/mol. The molecule has 1 rings (SSSR count). The molecule has 0 heterocycles. The number of hydrogen-bond acceptors (Lipinski definition) is 4. The summed E-state index contributed by atoms with van der Waals surface area (Å²) in [7, 11) is 2.79. The second-order valence-corrected chi connectivity index (χ2v) is 3.02. The van der Waals surface area contributed by atoms with Crippen molar-refractivity contribution in [3.63, 3.8) is 0 Å². The van der Waals surface area contributed by atoms with Gasteiger partial charge in [-0.25, -0.2) is 4.79 Å². The van der Waals surface area contributed by atoms with Crippen LogP contribution in [0.5, 0.6) is 0 Å². The van der Waals surface area contributed by atoms with E-state index in [-0.39, 0.29) is 0 Å². The molecule has 0 fully saturated rings. The van der Waals surface area contributed by atoms with E-state index in [2.05, 4.69) is 20.0 Å². The van der Waals surface area contributed by atoms with Gasteiger partial charge in [0.25, 0.3) is 0 Å². The maximum absolute atomic E-state index is 11.1. The van der Waals surface area contributed by atoms with E-state index in [9.17, 15) is 4.79 Å². The quantitative estimate of drug-likeness (QED) is 0.630. The Morgan fingerprint density at radius 3 is 2.62 bits per heavy atom. The predicted molar refractivity (Wildman–Crippen MR) is 61.7 cm³/mol. The molecule has 16 heavy (non-hydrogen) atoms. The smallest absolute Gasteiger partial charge is 0.411 e. The number of carbonyl (C=O) groups excluding carboxylic acids is 1. The minimum atomic E-state index is -0.516. The normalized spacial score (nSPS) is 10.8. The van der Waals surface area contributed by atoms with Crippen molar-refractivity contribution in [3.05, 3.63) is 29.8 Å². The molecule has 0 spiro atoms. The first-order valence-electron chi connectivity index (χ1n) is 4.71. The second-order valence-electron chi connectivity index (χ2n) is 3.02. The highest BCUT2D eigenvalue weighted by Gasteiger charge is 2.08. The van der Waals surface area contributed by atoms with E-state index in [0.717, 1.165) is 5.56 Å². The van der Waals surface area contributed by atoms with Crippen molar-refractivity contribution in [2.75, 3.05) is 19.5 Å². The van der Waals surface area contributed by atoms with Gasteiger partial charge in [0, 0.05) is 5.56 Å². The van der Waals surface area contributed by atoms with Crippen LogP contribution in [0.2, 0.25) is 0 Å². The van der Waals surface area contributed by atoms with Crippen LogP contribution < -0.4 is 5.32 Å². The van der Waals surface area contributed by atoms with Gasteiger partial charge in [0.1, 0.15) is 7.11 Å². The van der Waals surface area contributed by atoms with Crippen molar-refractivity contribution in [3.8, 4) is 0 Å². The van der Waals surface area contributed by atoms with E-state index in [4.69, 9.17) is 0 Å². The fourth-order valence-corrected chi connectivity index (χ4v) is 1.25. The molecule has 1 aromatic carbocycles. The van der Waals surface area contributed by atoms with E-state index in [1.165, 1.54) is 14.2 Å². The fourth-order valence-electron chi connectivity index (χ4n) is 1.25. The highest BCUT2D eigenvalue weighted by molar-refractivity contribution is 6.05. The number of rotatable bonds is 3. The molecule has 0 saturated heterocycles. The van der Waals surface area contributed by atoms with Crippen LogP contribution in [-0.4, -0.2) is 26.0 Å². The van der Waals surface area contributed by atoms with Gasteiger partial charge in [-0.05, 0) is 13.0 Å². The molecule has 0 aliphatic carbocycles. The topological polar surface area (TPSA) is 59.9 Å². The van der Waals surface area contributed by atoms with Crippen LogP contribution in [0.25, 0.3) is 0 Å². The standard InChI is InChI=1S/C11H14N2O3/c1-8(13-16-3)9-6-4-5-7-10(9)12-11(14)15-2/h4-7H,1-3H3,(H,12,14)/b13-8+. The molecule has 0 atom stereocenters. The maximum atomic E-state index is 11.1. The molecule has 5 nitrogen and oxygen atoms in total. The molecule has 1 N–H and O–H groups in total. The van der Waals surface area contributed by atoms with Crippen molar-refractivity contribution in [1.29, 1.82) is 0 Å². The highest BCUT2D eigenvalue weighted by atomic mass is 16.6. The van der Waals surface area contributed by atoms with Gasteiger partial charge < -0.3 is 9.57 Å². The Labute approximate surface area is 94.0 Å². The lowest BCUT2D eigenvalue weighted by Crippen LogP contribution is -2.13. The summed E-state index contributed by atoms with van der Waals surface area (Å²) in [6.45, 7) is 1.79. The minimum absolute atomic E-state index is 0.516. The number of nitrogens with zero attached hydrogens (tertiary/aromatic N) is 1. The lowest BCUT2D eigenvalue weighted by atomic mass is 10.1.